The Morgan fingerprint density at radius 2 is 1.85 bits per heavy atom. The number of benzene rings is 1. The molecule has 0 radical (unpaired) electrons. The molecule has 0 saturated heterocycles. The molecule has 1 atom stereocenters. The fourth-order valence-corrected chi connectivity index (χ4v) is 5.12. The van der Waals surface area contributed by atoms with Gasteiger partial charge >= 0.3 is 11.9 Å². The Bertz CT molecular complexity index is 1400. The summed E-state index contributed by atoms with van der Waals surface area (Å²) >= 11 is 0. The molecule has 1 aromatic carbocycles. The van der Waals surface area contributed by atoms with Gasteiger partial charge in [-0.05, 0) is 30.7 Å². The summed E-state index contributed by atoms with van der Waals surface area (Å²) in [6.07, 6.45) is 7.57. The Hall–Kier alpha value is -3.62. The van der Waals surface area contributed by atoms with Gasteiger partial charge in [0, 0.05) is 24.1 Å². The lowest BCUT2D eigenvalue weighted by Crippen LogP contribution is -2.35. The Morgan fingerprint density at radius 1 is 1.10 bits per heavy atom. The summed E-state index contributed by atoms with van der Waals surface area (Å²) in [5.41, 5.74) is 1.23. The molecule has 0 fully saturated rings. The van der Waals surface area contributed by atoms with E-state index in [1.165, 1.54) is 12.3 Å². The van der Waals surface area contributed by atoms with E-state index in [0.29, 0.717) is 37.6 Å². The van der Waals surface area contributed by atoms with Crippen LogP contribution in [-0.4, -0.2) is 44.6 Å². The molecule has 1 aliphatic heterocycles. The maximum Gasteiger partial charge on any atom is 0.341 e. The second kappa shape index (κ2) is 12.1. The van der Waals surface area contributed by atoms with Gasteiger partial charge in [-0.25, -0.2) is 4.79 Å². The van der Waals surface area contributed by atoms with Gasteiger partial charge in [0.05, 0.1) is 37.2 Å². The van der Waals surface area contributed by atoms with E-state index in [2.05, 4.69) is 20.8 Å². The van der Waals surface area contributed by atoms with Gasteiger partial charge in [-0.15, -0.1) is 0 Å². The number of carbonyl (C=O) groups excluding carboxylic acids is 1. The molecule has 0 bridgehead atoms. The van der Waals surface area contributed by atoms with Gasteiger partial charge in [0.2, 0.25) is 0 Å². The first-order chi connectivity index (χ1) is 18.6. The number of ether oxygens (including phenoxy) is 2. The van der Waals surface area contributed by atoms with Crippen LogP contribution in [0.1, 0.15) is 89.0 Å². The highest BCUT2D eigenvalue weighted by Crippen LogP contribution is 2.43. The van der Waals surface area contributed by atoms with Crippen molar-refractivity contribution in [2.45, 2.75) is 85.2 Å². The normalized spacial score (nSPS) is 14.6. The van der Waals surface area contributed by atoms with E-state index in [0.717, 1.165) is 55.1 Å². The van der Waals surface area contributed by atoms with Crippen LogP contribution in [0.15, 0.2) is 35.3 Å². The van der Waals surface area contributed by atoms with Crippen molar-refractivity contribution in [3.05, 3.63) is 46.2 Å². The predicted octanol–water partition coefficient (Wildman–Crippen LogP) is 5.84. The molecule has 3 aromatic rings. The van der Waals surface area contributed by atoms with Crippen LogP contribution in [0.25, 0.3) is 22.3 Å². The van der Waals surface area contributed by atoms with Gasteiger partial charge in [-0.2, -0.15) is 5.10 Å². The minimum atomic E-state index is -1.22. The summed E-state index contributed by atoms with van der Waals surface area (Å²) in [6.45, 7) is 9.88. The molecule has 9 nitrogen and oxygen atoms in total. The molecule has 9 heteroatoms. The summed E-state index contributed by atoms with van der Waals surface area (Å²) in [6, 6.07) is 7.12. The molecule has 0 amide bonds. The molecular weight excluding hydrogens is 498 g/mol. The van der Waals surface area contributed by atoms with Crippen LogP contribution in [0.3, 0.4) is 0 Å². The monoisotopic (exact) mass is 537 g/mol. The van der Waals surface area contributed by atoms with E-state index in [1.807, 2.05) is 34.4 Å². The molecule has 0 spiro atoms. The number of esters is 1. The van der Waals surface area contributed by atoms with Crippen molar-refractivity contribution in [2.24, 2.45) is 5.41 Å². The average Bonchev–Trinajstić information content (AvgIpc) is 3.27. The summed E-state index contributed by atoms with van der Waals surface area (Å²) < 4.78 is 15.1. The zero-order chi connectivity index (χ0) is 28.2. The topological polar surface area (TPSA) is 113 Å². The SMILES string of the molecule is CCCOC(=O)CCCCCCCOc1cccc2c3n(nc12)C[C@@H](C(C)(C)C)n1cc(C(=O)O)c(=O)cc1-3. The molecule has 1 N–H and O–H groups in total. The third-order valence-corrected chi connectivity index (χ3v) is 7.22. The largest absolute Gasteiger partial charge is 0.491 e. The highest BCUT2D eigenvalue weighted by atomic mass is 16.5. The lowest BCUT2D eigenvalue weighted by molar-refractivity contribution is -0.143. The van der Waals surface area contributed by atoms with Crippen LogP contribution in [-0.2, 0) is 16.1 Å². The number of aromatic nitrogens is 3. The molecule has 0 unspecified atom stereocenters. The van der Waals surface area contributed by atoms with Gasteiger partial charge < -0.3 is 19.1 Å². The Labute approximate surface area is 228 Å². The van der Waals surface area contributed by atoms with Crippen LogP contribution in [0, 0.1) is 5.41 Å². The highest BCUT2D eigenvalue weighted by Gasteiger charge is 2.35. The van der Waals surface area contributed by atoms with E-state index >= 15 is 0 Å². The standard InChI is InChI=1S/C30H39N3O6/c1-5-15-39-26(35)14-9-7-6-8-10-16-38-24-13-11-12-20-27(24)31-33-19-25(30(2,3)4)32-18-21(29(36)37)23(34)17-22(32)28(20)33/h11-13,17-18,25H,5-10,14-16,19H2,1-4H3,(H,36,37)/t25-/m0/s1. The second-order valence-corrected chi connectivity index (χ2v) is 11.3. The molecule has 39 heavy (non-hydrogen) atoms. The minimum absolute atomic E-state index is 0.0918. The van der Waals surface area contributed by atoms with Crippen LogP contribution >= 0.6 is 0 Å². The molecular formula is C30H39N3O6. The second-order valence-electron chi connectivity index (χ2n) is 11.3. The Kier molecular flexibility index (Phi) is 8.77. The van der Waals surface area contributed by atoms with Crippen molar-refractivity contribution in [1.29, 1.82) is 0 Å². The zero-order valence-corrected chi connectivity index (χ0v) is 23.4. The number of carboxylic acid groups (broad SMARTS) is 1. The van der Waals surface area contributed by atoms with Crippen molar-refractivity contribution in [1.82, 2.24) is 14.3 Å². The van der Waals surface area contributed by atoms with E-state index in [9.17, 15) is 19.5 Å². The maximum absolute atomic E-state index is 12.7. The zero-order valence-electron chi connectivity index (χ0n) is 23.4. The third-order valence-electron chi connectivity index (χ3n) is 7.22. The van der Waals surface area contributed by atoms with Crippen molar-refractivity contribution in [3.63, 3.8) is 0 Å². The first-order valence-corrected chi connectivity index (χ1v) is 13.9. The van der Waals surface area contributed by atoms with Gasteiger partial charge in [0.25, 0.3) is 0 Å². The first kappa shape index (κ1) is 28.4. The van der Waals surface area contributed by atoms with Crippen molar-refractivity contribution in [2.75, 3.05) is 13.2 Å². The first-order valence-electron chi connectivity index (χ1n) is 13.9. The van der Waals surface area contributed by atoms with E-state index in [4.69, 9.17) is 14.6 Å². The number of carbonyl (C=O) groups is 2. The van der Waals surface area contributed by atoms with E-state index < -0.39 is 11.4 Å². The minimum Gasteiger partial charge on any atom is -0.491 e. The van der Waals surface area contributed by atoms with Crippen LogP contribution < -0.4 is 10.2 Å². The van der Waals surface area contributed by atoms with E-state index in [1.54, 1.807) is 0 Å². The summed E-state index contributed by atoms with van der Waals surface area (Å²) in [7, 11) is 0. The Balaban J connectivity index is 1.47. The fourth-order valence-electron chi connectivity index (χ4n) is 5.12. The van der Waals surface area contributed by atoms with Gasteiger partial charge in [-0.1, -0.05) is 59.1 Å². The number of aromatic carboxylic acids is 1. The lowest BCUT2D eigenvalue weighted by Gasteiger charge is -2.38. The highest BCUT2D eigenvalue weighted by molar-refractivity contribution is 5.96. The number of hydrogen-bond acceptors (Lipinski definition) is 6. The van der Waals surface area contributed by atoms with Crippen molar-refractivity contribution in [3.8, 4) is 17.1 Å². The fraction of sp³-hybridized carbons (Fsp3) is 0.533. The number of pyridine rings is 1. The van der Waals surface area contributed by atoms with E-state index in [-0.39, 0.29) is 23.0 Å². The lowest BCUT2D eigenvalue weighted by atomic mass is 9.85. The van der Waals surface area contributed by atoms with Crippen LogP contribution in [0.2, 0.25) is 0 Å². The number of hydrogen-bond donors (Lipinski definition) is 1. The quantitative estimate of drug-likeness (QED) is 0.228. The molecule has 1 aliphatic rings. The molecule has 3 heterocycles. The number of fused-ring (bicyclic) bond motifs is 5. The smallest absolute Gasteiger partial charge is 0.341 e. The third kappa shape index (κ3) is 6.34. The number of carboxylic acids is 1. The average molecular weight is 538 g/mol. The molecule has 2 aromatic heterocycles. The van der Waals surface area contributed by atoms with Gasteiger partial charge in [0.1, 0.15) is 16.8 Å². The van der Waals surface area contributed by atoms with Crippen molar-refractivity contribution >= 4 is 22.8 Å². The molecule has 4 rings (SSSR count). The summed E-state index contributed by atoms with van der Waals surface area (Å²) in [4.78, 5) is 36.0. The molecule has 0 aliphatic carbocycles. The summed E-state index contributed by atoms with van der Waals surface area (Å²) in [5.74, 6) is -0.645. The van der Waals surface area contributed by atoms with Crippen molar-refractivity contribution < 1.29 is 24.2 Å². The molecule has 210 valence electrons. The number of rotatable bonds is 12. The maximum atomic E-state index is 12.7. The number of unbranched alkanes of at least 4 members (excludes halogenated alkanes) is 4. The predicted molar refractivity (Wildman–Crippen MR) is 149 cm³/mol. The van der Waals surface area contributed by atoms with Gasteiger partial charge in [-0.3, -0.25) is 14.3 Å². The van der Waals surface area contributed by atoms with Crippen LogP contribution in [0.4, 0.5) is 0 Å². The van der Waals surface area contributed by atoms with Gasteiger partial charge in [0.15, 0.2) is 5.43 Å². The van der Waals surface area contributed by atoms with Crippen LogP contribution in [0.5, 0.6) is 5.75 Å². The molecule has 0 saturated carbocycles. The number of nitrogens with zero attached hydrogens (tertiary/aromatic N) is 3. The summed E-state index contributed by atoms with van der Waals surface area (Å²) in [5, 5.41) is 15.3. The Morgan fingerprint density at radius 3 is 2.56 bits per heavy atom.